The van der Waals surface area contributed by atoms with Crippen LogP contribution in [0.25, 0.3) is 0 Å². The fraction of sp³-hybridized carbons (Fsp3) is 0.333. The fourth-order valence-electron chi connectivity index (χ4n) is 2.92. The Morgan fingerprint density at radius 3 is 2.65 bits per heavy atom. The van der Waals surface area contributed by atoms with Crippen molar-refractivity contribution in [2.24, 2.45) is 0 Å². The van der Waals surface area contributed by atoms with E-state index in [-0.39, 0.29) is 0 Å². The quantitative estimate of drug-likeness (QED) is 0.884. The van der Waals surface area contributed by atoms with Crippen LogP contribution in [0.15, 0.2) is 42.5 Å². The van der Waals surface area contributed by atoms with Gasteiger partial charge in [0, 0.05) is 5.69 Å². The first-order valence-electron chi connectivity index (χ1n) is 7.26. The molecule has 0 aromatic heterocycles. The van der Waals surface area contributed by atoms with Crippen LogP contribution in [0, 0.1) is 6.92 Å². The summed E-state index contributed by atoms with van der Waals surface area (Å²) in [4.78, 5) is 0. The lowest BCUT2D eigenvalue weighted by Crippen LogP contribution is -2.17. The van der Waals surface area contributed by atoms with Crippen molar-refractivity contribution in [3.05, 3.63) is 59.2 Å². The van der Waals surface area contributed by atoms with Gasteiger partial charge in [0.2, 0.25) is 0 Å². The average molecular weight is 267 g/mol. The molecule has 1 atom stereocenters. The number of nitrogens with one attached hydrogen (secondary N) is 1. The first-order chi connectivity index (χ1) is 9.76. The van der Waals surface area contributed by atoms with E-state index >= 15 is 0 Å². The van der Waals surface area contributed by atoms with Crippen molar-refractivity contribution in [2.45, 2.75) is 32.2 Å². The van der Waals surface area contributed by atoms with Gasteiger partial charge in [0.15, 0.2) is 0 Å². The summed E-state index contributed by atoms with van der Waals surface area (Å²) in [5.74, 6) is 0.958. The summed E-state index contributed by atoms with van der Waals surface area (Å²) in [6.45, 7) is 2.12. The molecular formula is C18H21NO. The minimum atomic E-state index is 0.410. The number of hydrogen-bond donors (Lipinski definition) is 1. The topological polar surface area (TPSA) is 21.3 Å². The lowest BCUT2D eigenvalue weighted by molar-refractivity contribution is 0.413. The highest BCUT2D eigenvalue weighted by Crippen LogP contribution is 2.34. The van der Waals surface area contributed by atoms with Crippen molar-refractivity contribution in [3.63, 3.8) is 0 Å². The molecule has 0 heterocycles. The number of rotatable bonds is 3. The molecule has 0 saturated heterocycles. The van der Waals surface area contributed by atoms with Crippen LogP contribution in [0.1, 0.15) is 35.6 Å². The first-order valence-corrected chi connectivity index (χ1v) is 7.26. The Bertz CT molecular complexity index is 589. The Balaban J connectivity index is 1.84. The van der Waals surface area contributed by atoms with Crippen molar-refractivity contribution in [1.82, 2.24) is 0 Å². The molecule has 1 aliphatic carbocycles. The standard InChI is InChI=1S/C18H21NO/c1-13-6-8-15(9-7-13)19-18-5-3-4-14-12-16(20-2)10-11-17(14)18/h6-12,18-19H,3-5H2,1-2H3. The van der Waals surface area contributed by atoms with Gasteiger partial charge in [-0.1, -0.05) is 23.8 Å². The molecule has 2 heteroatoms. The van der Waals surface area contributed by atoms with Crippen LogP contribution < -0.4 is 10.1 Å². The van der Waals surface area contributed by atoms with Gasteiger partial charge in [-0.3, -0.25) is 0 Å². The predicted octanol–water partition coefficient (Wildman–Crippen LogP) is 4.49. The van der Waals surface area contributed by atoms with Gasteiger partial charge in [0.1, 0.15) is 5.75 Å². The zero-order chi connectivity index (χ0) is 13.9. The third-order valence-corrected chi connectivity index (χ3v) is 4.06. The van der Waals surface area contributed by atoms with E-state index in [1.54, 1.807) is 7.11 Å². The molecule has 104 valence electrons. The number of aryl methyl sites for hydroxylation is 2. The maximum absolute atomic E-state index is 5.33. The van der Waals surface area contributed by atoms with E-state index in [1.165, 1.54) is 35.2 Å². The Labute approximate surface area is 120 Å². The Morgan fingerprint density at radius 1 is 1.10 bits per heavy atom. The second-order valence-electron chi connectivity index (χ2n) is 5.52. The van der Waals surface area contributed by atoms with E-state index < -0.39 is 0 Å². The zero-order valence-corrected chi connectivity index (χ0v) is 12.1. The predicted molar refractivity (Wildman–Crippen MR) is 83.5 cm³/mol. The van der Waals surface area contributed by atoms with Crippen molar-refractivity contribution in [1.29, 1.82) is 0 Å². The molecule has 0 bridgehead atoms. The number of methoxy groups -OCH3 is 1. The van der Waals surface area contributed by atoms with E-state index in [1.807, 2.05) is 0 Å². The van der Waals surface area contributed by atoms with Gasteiger partial charge in [-0.25, -0.2) is 0 Å². The van der Waals surface area contributed by atoms with Crippen molar-refractivity contribution in [2.75, 3.05) is 12.4 Å². The molecule has 2 aromatic carbocycles. The molecule has 0 aliphatic heterocycles. The van der Waals surface area contributed by atoms with Crippen LogP contribution >= 0.6 is 0 Å². The molecule has 0 fully saturated rings. The molecule has 1 aliphatic rings. The molecule has 3 rings (SSSR count). The van der Waals surface area contributed by atoms with Crippen LogP contribution in [-0.4, -0.2) is 7.11 Å². The molecule has 20 heavy (non-hydrogen) atoms. The highest BCUT2D eigenvalue weighted by Gasteiger charge is 2.20. The molecule has 1 N–H and O–H groups in total. The molecular weight excluding hydrogens is 246 g/mol. The van der Waals surface area contributed by atoms with E-state index in [4.69, 9.17) is 4.74 Å². The summed E-state index contributed by atoms with van der Waals surface area (Å²) in [5, 5.41) is 3.66. The molecule has 0 amide bonds. The Morgan fingerprint density at radius 2 is 1.90 bits per heavy atom. The molecule has 2 nitrogen and oxygen atoms in total. The minimum absolute atomic E-state index is 0.410. The SMILES string of the molecule is COc1ccc2c(c1)CCCC2Nc1ccc(C)cc1. The van der Waals surface area contributed by atoms with Crippen LogP contribution in [0.5, 0.6) is 5.75 Å². The number of ether oxygens (including phenoxy) is 1. The third kappa shape index (κ3) is 2.64. The Kier molecular flexibility index (Phi) is 3.64. The van der Waals surface area contributed by atoms with Gasteiger partial charge in [-0.05, 0) is 61.6 Å². The van der Waals surface area contributed by atoms with Gasteiger partial charge >= 0.3 is 0 Å². The Hall–Kier alpha value is -1.96. The second-order valence-corrected chi connectivity index (χ2v) is 5.52. The summed E-state index contributed by atoms with van der Waals surface area (Å²) in [6.07, 6.45) is 3.56. The number of fused-ring (bicyclic) bond motifs is 1. The summed E-state index contributed by atoms with van der Waals surface area (Å²) in [7, 11) is 1.73. The average Bonchev–Trinajstić information content (AvgIpc) is 2.49. The minimum Gasteiger partial charge on any atom is -0.497 e. The number of anilines is 1. The van der Waals surface area contributed by atoms with Crippen LogP contribution in [-0.2, 0) is 6.42 Å². The van der Waals surface area contributed by atoms with Crippen LogP contribution in [0.4, 0.5) is 5.69 Å². The lowest BCUT2D eigenvalue weighted by Gasteiger charge is -2.27. The maximum atomic E-state index is 5.33. The summed E-state index contributed by atoms with van der Waals surface area (Å²) < 4.78 is 5.33. The van der Waals surface area contributed by atoms with Gasteiger partial charge in [0.25, 0.3) is 0 Å². The zero-order valence-electron chi connectivity index (χ0n) is 12.1. The van der Waals surface area contributed by atoms with Gasteiger partial charge in [-0.15, -0.1) is 0 Å². The molecule has 2 aromatic rings. The highest BCUT2D eigenvalue weighted by atomic mass is 16.5. The molecule has 0 spiro atoms. The van der Waals surface area contributed by atoms with E-state index in [2.05, 4.69) is 54.7 Å². The highest BCUT2D eigenvalue weighted by molar-refractivity contribution is 5.49. The largest absolute Gasteiger partial charge is 0.497 e. The molecule has 0 radical (unpaired) electrons. The van der Waals surface area contributed by atoms with Crippen LogP contribution in [0.2, 0.25) is 0 Å². The molecule has 0 saturated carbocycles. The van der Waals surface area contributed by atoms with Crippen LogP contribution in [0.3, 0.4) is 0 Å². The number of benzene rings is 2. The fourth-order valence-corrected chi connectivity index (χ4v) is 2.92. The smallest absolute Gasteiger partial charge is 0.119 e. The number of hydrogen-bond acceptors (Lipinski definition) is 2. The van der Waals surface area contributed by atoms with Crippen molar-refractivity contribution in [3.8, 4) is 5.75 Å². The lowest BCUT2D eigenvalue weighted by atomic mass is 9.87. The second kappa shape index (κ2) is 5.58. The van der Waals surface area contributed by atoms with E-state index in [9.17, 15) is 0 Å². The summed E-state index contributed by atoms with van der Waals surface area (Å²) >= 11 is 0. The summed E-state index contributed by atoms with van der Waals surface area (Å²) in [5.41, 5.74) is 5.33. The van der Waals surface area contributed by atoms with E-state index in [0.717, 1.165) is 12.2 Å². The van der Waals surface area contributed by atoms with Gasteiger partial charge in [-0.2, -0.15) is 0 Å². The first kappa shape index (κ1) is 13.0. The third-order valence-electron chi connectivity index (χ3n) is 4.06. The van der Waals surface area contributed by atoms with Gasteiger partial charge < -0.3 is 10.1 Å². The van der Waals surface area contributed by atoms with Crippen molar-refractivity contribution >= 4 is 5.69 Å². The monoisotopic (exact) mass is 267 g/mol. The summed E-state index contributed by atoms with van der Waals surface area (Å²) in [6, 6.07) is 15.5. The normalized spacial score (nSPS) is 17.4. The van der Waals surface area contributed by atoms with Crippen molar-refractivity contribution < 1.29 is 4.74 Å². The van der Waals surface area contributed by atoms with E-state index in [0.29, 0.717) is 6.04 Å². The van der Waals surface area contributed by atoms with Gasteiger partial charge in [0.05, 0.1) is 13.2 Å². The maximum Gasteiger partial charge on any atom is 0.119 e. The molecule has 1 unspecified atom stereocenters.